The molecule has 4 rings (SSSR count). The Morgan fingerprint density at radius 1 is 1.29 bits per heavy atom. The number of halogens is 3. The Hall–Kier alpha value is -2.39. The number of nitrogens with one attached hydrogen (secondary N) is 3. The highest BCUT2D eigenvalue weighted by atomic mass is 32.2. The fourth-order valence-electron chi connectivity index (χ4n) is 4.34. The molecule has 1 aliphatic heterocycles. The molecule has 2 aliphatic rings. The number of anilines is 2. The number of ether oxygens (including phenoxy) is 1. The van der Waals surface area contributed by atoms with Crippen LogP contribution in [-0.2, 0) is 14.8 Å². The first-order valence-electron chi connectivity index (χ1n) is 11.2. The molecule has 34 heavy (non-hydrogen) atoms. The molecule has 1 saturated heterocycles. The molecule has 0 bridgehead atoms. The Morgan fingerprint density at radius 2 is 2.00 bits per heavy atom. The van der Waals surface area contributed by atoms with E-state index in [1.54, 1.807) is 6.20 Å². The number of morpholine rings is 1. The fraction of sp³-hybridized carbons (Fsp3) is 0.737. The van der Waals surface area contributed by atoms with Crippen LogP contribution in [0.4, 0.5) is 24.9 Å². The van der Waals surface area contributed by atoms with Gasteiger partial charge in [0.2, 0.25) is 15.7 Å². The molecule has 190 valence electrons. The molecule has 2 aromatic heterocycles. The molecule has 2 aromatic rings. The molecule has 3 heterocycles. The summed E-state index contributed by atoms with van der Waals surface area (Å²) in [5.74, 6) is -0.232. The molecule has 11 nitrogen and oxygen atoms in total. The van der Waals surface area contributed by atoms with E-state index < -0.39 is 34.4 Å². The molecule has 1 atom stereocenters. The first kappa shape index (κ1) is 24.7. The quantitative estimate of drug-likeness (QED) is 0.378. The van der Waals surface area contributed by atoms with Crippen LogP contribution < -0.4 is 19.7 Å². The van der Waals surface area contributed by atoms with Crippen LogP contribution in [0.1, 0.15) is 39.0 Å². The van der Waals surface area contributed by atoms with Crippen LogP contribution in [0.2, 0.25) is 0 Å². The average Bonchev–Trinajstić information content (AvgIpc) is 3.20. The maximum Gasteiger partial charge on any atom is 0.390 e. The first-order chi connectivity index (χ1) is 16.0. The lowest BCUT2D eigenvalue weighted by atomic mass is 9.92. The predicted octanol–water partition coefficient (Wildman–Crippen LogP) is 1.41. The van der Waals surface area contributed by atoms with Gasteiger partial charge in [-0.2, -0.15) is 13.2 Å². The molecule has 1 aliphatic carbocycles. The van der Waals surface area contributed by atoms with Gasteiger partial charge in [-0.25, -0.2) is 23.0 Å². The largest absolute Gasteiger partial charge is 0.754 e. The first-order valence-corrected chi connectivity index (χ1v) is 12.8. The highest BCUT2D eigenvalue weighted by Gasteiger charge is 2.32. The van der Waals surface area contributed by atoms with Gasteiger partial charge in [-0.3, -0.25) is 5.32 Å². The number of hydrogen-bond donors (Lipinski definition) is 3. The molecule has 0 amide bonds. The van der Waals surface area contributed by atoms with Crippen molar-refractivity contribution >= 4 is 32.8 Å². The van der Waals surface area contributed by atoms with Crippen LogP contribution in [0.25, 0.3) is 11.0 Å². The molecular weight excluding hydrogens is 479 g/mol. The molecule has 0 unspecified atom stereocenters. The van der Waals surface area contributed by atoms with Gasteiger partial charge in [0, 0.05) is 19.1 Å². The zero-order chi connectivity index (χ0) is 24.5. The Morgan fingerprint density at radius 3 is 2.68 bits per heavy atom. The third-order valence-corrected chi connectivity index (χ3v) is 7.51. The van der Waals surface area contributed by atoms with Crippen molar-refractivity contribution in [2.45, 2.75) is 63.4 Å². The lowest BCUT2D eigenvalue weighted by molar-refractivity contribution is -0.566. The minimum absolute atomic E-state index is 0.0537. The number of hydrogen-bond acceptors (Lipinski definition) is 8. The van der Waals surface area contributed by atoms with Crippen molar-refractivity contribution in [1.29, 1.82) is 0 Å². The lowest BCUT2D eigenvalue weighted by Gasteiger charge is -2.31. The van der Waals surface area contributed by atoms with Crippen LogP contribution in [0.5, 0.6) is 0 Å². The van der Waals surface area contributed by atoms with E-state index in [2.05, 4.69) is 25.2 Å². The molecule has 0 radical (unpaired) electrons. The van der Waals surface area contributed by atoms with Crippen LogP contribution in [0, 0.1) is 5.21 Å². The molecule has 3 N–H and O–H groups in total. The number of aromatic nitrogens is 4. The lowest BCUT2D eigenvalue weighted by Crippen LogP contribution is -2.43. The zero-order valence-corrected chi connectivity index (χ0v) is 19.5. The Labute approximate surface area is 194 Å². The van der Waals surface area contributed by atoms with Gasteiger partial charge in [0.25, 0.3) is 0 Å². The van der Waals surface area contributed by atoms with Gasteiger partial charge < -0.3 is 14.8 Å². The van der Waals surface area contributed by atoms with E-state index in [4.69, 9.17) is 4.74 Å². The highest BCUT2D eigenvalue weighted by molar-refractivity contribution is 7.89. The van der Waals surface area contributed by atoms with Gasteiger partial charge in [-0.05, 0) is 32.6 Å². The number of fused-ring (bicyclic) bond motifs is 1. The molecule has 1 saturated carbocycles. The second-order valence-corrected chi connectivity index (χ2v) is 10.7. The number of nitrogens with zero attached hydrogens (tertiary/aromatic N) is 4. The Balaban J connectivity index is 1.34. The maximum atomic E-state index is 12.9. The topological polar surface area (TPSA) is 139 Å². The number of rotatable bonds is 7. The predicted molar refractivity (Wildman–Crippen MR) is 118 cm³/mol. The zero-order valence-electron chi connectivity index (χ0n) is 18.6. The van der Waals surface area contributed by atoms with Crippen molar-refractivity contribution in [2.75, 3.05) is 35.7 Å². The minimum atomic E-state index is -4.52. The standard InChI is InChI=1S/C19H28F3N7O4S/c1-12-11-28(7-8-33-12)16-15-10-23-18(29(30)17(15)26-25-16)24-13-2-4-14(5-3-13)27-34(31,32)9-6-19(20,21)22/h10,12-14,27H,2-9,11H2,1H3,(H,23,24)(H,25,26)/t12-,13?,14?/m0/s1. The summed E-state index contributed by atoms with van der Waals surface area (Å²) < 4.78 is 69.4. The Bertz CT molecular complexity index is 1100. The van der Waals surface area contributed by atoms with Gasteiger partial charge >= 0.3 is 12.1 Å². The molecule has 15 heteroatoms. The van der Waals surface area contributed by atoms with Crippen molar-refractivity contribution in [2.24, 2.45) is 0 Å². The van der Waals surface area contributed by atoms with E-state index in [0.29, 0.717) is 61.3 Å². The van der Waals surface area contributed by atoms with Gasteiger partial charge in [-0.1, -0.05) is 0 Å². The number of sulfonamides is 1. The molecule has 2 fully saturated rings. The number of H-pyrrole nitrogens is 1. The smallest absolute Gasteiger partial charge is 0.390 e. The average molecular weight is 508 g/mol. The van der Waals surface area contributed by atoms with Gasteiger partial charge in [-0.15, -0.1) is 10.1 Å². The van der Waals surface area contributed by atoms with Crippen LogP contribution >= 0.6 is 0 Å². The third kappa shape index (κ3) is 5.99. The summed E-state index contributed by atoms with van der Waals surface area (Å²) in [4.78, 5) is 6.32. The SMILES string of the molecule is C[C@H]1CN(c2n[nH]c3c2cnc(NC2CCC(NS(=O)(=O)CCC(F)(F)F)CC2)[n+]3[O-])CCO1. The van der Waals surface area contributed by atoms with E-state index in [1.165, 1.54) is 0 Å². The van der Waals surface area contributed by atoms with E-state index in [-0.39, 0.29) is 23.7 Å². The second kappa shape index (κ2) is 9.70. The summed E-state index contributed by atoms with van der Waals surface area (Å²) in [5.41, 5.74) is 0.276. The van der Waals surface area contributed by atoms with Gasteiger partial charge in [0.15, 0.2) is 5.82 Å². The number of alkyl halides is 3. The van der Waals surface area contributed by atoms with Crippen LogP contribution in [0.3, 0.4) is 0 Å². The van der Waals surface area contributed by atoms with Gasteiger partial charge in [0.1, 0.15) is 11.6 Å². The minimum Gasteiger partial charge on any atom is -0.754 e. The van der Waals surface area contributed by atoms with Crippen molar-refractivity contribution in [3.05, 3.63) is 11.4 Å². The van der Waals surface area contributed by atoms with E-state index in [9.17, 15) is 26.8 Å². The number of aromatic amines is 1. The summed E-state index contributed by atoms with van der Waals surface area (Å²) >= 11 is 0. The summed E-state index contributed by atoms with van der Waals surface area (Å²) in [6.45, 7) is 3.85. The van der Waals surface area contributed by atoms with Crippen LogP contribution in [-0.4, -0.2) is 73.4 Å². The monoisotopic (exact) mass is 507 g/mol. The van der Waals surface area contributed by atoms with E-state index >= 15 is 0 Å². The summed E-state index contributed by atoms with van der Waals surface area (Å²) in [6.07, 6.45) is -2.31. The summed E-state index contributed by atoms with van der Waals surface area (Å²) in [6, 6.07) is -0.555. The normalized spacial score (nSPS) is 24.5. The van der Waals surface area contributed by atoms with Crippen molar-refractivity contribution in [3.63, 3.8) is 0 Å². The highest BCUT2D eigenvalue weighted by Crippen LogP contribution is 2.26. The summed E-state index contributed by atoms with van der Waals surface area (Å²) in [5, 5.41) is 23.6. The maximum absolute atomic E-state index is 12.9. The van der Waals surface area contributed by atoms with Crippen molar-refractivity contribution < 1.29 is 31.1 Å². The molecular formula is C19H28F3N7O4S. The van der Waals surface area contributed by atoms with Crippen molar-refractivity contribution in [3.8, 4) is 0 Å². The second-order valence-electron chi connectivity index (χ2n) is 8.81. The Kier molecular flexibility index (Phi) is 7.05. The van der Waals surface area contributed by atoms with Crippen LogP contribution in [0.15, 0.2) is 6.20 Å². The fourth-order valence-corrected chi connectivity index (χ4v) is 5.70. The third-order valence-electron chi connectivity index (χ3n) is 6.08. The van der Waals surface area contributed by atoms with Gasteiger partial charge in [0.05, 0.1) is 30.9 Å². The summed E-state index contributed by atoms with van der Waals surface area (Å²) in [7, 11) is -4.01. The molecule has 0 spiro atoms. The van der Waals surface area contributed by atoms with Crippen molar-refractivity contribution in [1.82, 2.24) is 19.9 Å². The molecule has 0 aromatic carbocycles. The van der Waals surface area contributed by atoms with E-state index in [1.807, 2.05) is 11.8 Å². The van der Waals surface area contributed by atoms with E-state index in [0.717, 1.165) is 0 Å².